The number of hydrogen-bond donors (Lipinski definition) is 12. The Balaban J connectivity index is 0.920. The van der Waals surface area contributed by atoms with Gasteiger partial charge in [0.2, 0.25) is 33.0 Å². The van der Waals surface area contributed by atoms with E-state index in [1.807, 2.05) is 0 Å². The van der Waals surface area contributed by atoms with E-state index >= 15 is 0 Å². The number of H-pyrrole nitrogens is 4. The number of aliphatic imine (C=N–C) groups is 2. The highest BCUT2D eigenvalue weighted by atomic mass is 35.5. The minimum absolute atomic E-state index is 0.0705. The largest absolute Gasteiger partial charge is 0.497 e. The summed E-state index contributed by atoms with van der Waals surface area (Å²) < 4.78 is 210. The zero-order chi connectivity index (χ0) is 72.6. The summed E-state index contributed by atoms with van der Waals surface area (Å²) in [5.74, 6) is -0.950. The Bertz CT molecular complexity index is 5950. The van der Waals surface area contributed by atoms with Crippen LogP contribution in [0, 0.1) is 0 Å². The van der Waals surface area contributed by atoms with Crippen molar-refractivity contribution in [2.75, 3.05) is 0 Å². The number of halogens is 2. The van der Waals surface area contributed by atoms with Crippen molar-refractivity contribution in [2.24, 2.45) is 50.4 Å². The van der Waals surface area contributed by atoms with Crippen molar-refractivity contribution in [1.29, 1.82) is 0 Å². The van der Waals surface area contributed by atoms with Crippen molar-refractivity contribution in [3.8, 4) is 0 Å². The Morgan fingerprint density at radius 3 is 1.03 bits per heavy atom. The van der Waals surface area contributed by atoms with Crippen LogP contribution in [0.2, 0.25) is 10.6 Å². The molecule has 0 fully saturated rings. The number of nitrogens with one attached hydrogen (secondary N) is 4. The second-order valence-electron chi connectivity index (χ2n) is 20.4. The maximum atomic E-state index is 12.9. The van der Waals surface area contributed by atoms with Crippen LogP contribution in [0.5, 0.6) is 0 Å². The number of aliphatic hydroxyl groups excluding tert-OH is 2. The number of aliphatic hydroxyl groups is 2. The van der Waals surface area contributed by atoms with Crippen LogP contribution < -0.4 is 22.5 Å². The highest BCUT2D eigenvalue weighted by molar-refractivity contribution is 7.87. The number of aromatic amines is 4. The lowest BCUT2D eigenvalue weighted by Crippen LogP contribution is -2.26. The monoisotopic (exact) mass is 1520 g/mol. The summed E-state index contributed by atoms with van der Waals surface area (Å²) in [5, 5.41) is 34.6. The summed E-state index contributed by atoms with van der Waals surface area (Å²) >= 11 is 12.6. The third-order valence-electron chi connectivity index (χ3n) is 13.2. The fourth-order valence-electron chi connectivity index (χ4n) is 9.27. The van der Waals surface area contributed by atoms with Crippen LogP contribution in [-0.2, 0) is 60.7 Å². The molecule has 100 heavy (non-hydrogen) atoms. The van der Waals surface area contributed by atoms with Gasteiger partial charge in [-0.2, -0.15) is 70.7 Å². The number of rotatable bonds is 18. The molecule has 10 aromatic rings. The first-order valence-corrected chi connectivity index (χ1v) is 36.6. The predicted molar refractivity (Wildman–Crippen MR) is 357 cm³/mol. The lowest BCUT2D eigenvalue weighted by Gasteiger charge is -2.09. The van der Waals surface area contributed by atoms with Crippen molar-refractivity contribution < 1.29 is 88.0 Å². The minimum atomic E-state index is -5.09. The molecule has 0 saturated carbocycles. The average molecular weight is 1520 g/mol. The van der Waals surface area contributed by atoms with E-state index in [-0.39, 0.29) is 123 Å². The van der Waals surface area contributed by atoms with E-state index in [2.05, 4.69) is 80.3 Å². The summed E-state index contributed by atoms with van der Waals surface area (Å²) in [7, 11) is -30.0. The summed E-state index contributed by atoms with van der Waals surface area (Å²) in [6.45, 7) is 2.44. The topological polar surface area (TPSA) is 579 Å². The number of azo groups is 2. The molecule has 0 unspecified atom stereocenters. The summed E-state index contributed by atoms with van der Waals surface area (Å²) in [6, 6.07) is 25.4. The maximum Gasteiger partial charge on any atom is 0.295 e. The Morgan fingerprint density at radius 1 is 0.360 bits per heavy atom. The molecule has 516 valence electrons. The molecule has 2 aromatic heterocycles. The quantitative estimate of drug-likeness (QED) is 0.0125. The van der Waals surface area contributed by atoms with Gasteiger partial charge < -0.3 is 20.2 Å². The molecule has 0 bridgehead atoms. The first-order valence-electron chi connectivity index (χ1n) is 27.2. The van der Waals surface area contributed by atoms with E-state index in [1.165, 1.54) is 86.6 Å². The second-order valence-corrected chi connectivity index (χ2v) is 29.4. The Kier molecular flexibility index (Phi) is 20.2. The number of nitrogens with zero attached hydrogens (tertiary/aromatic N) is 12. The molecule has 0 aliphatic rings. The SMILES string of the molecule is CC(O)=Nc1cc(N=c2nc(Cl)[nH]c(=Nc3ccc(/C=C/c4ccc(N=c5[nH]c(Cl)nc(=Nc6ccc(N=Nc7cc(S(=O)(=O)O)c8cccc(S(=O)(=O)O)c8c7)c(N=C(C)O)c6)[nH]5)cc4S(=O)(=O)O)c(S(=O)(=O)O)c3)[nH]2)ccc1N=Nc1cc(S(=O)(=O)O)c2cccc(S(=O)(=O)O)c2c1. The number of fused-ring (bicyclic) bond motifs is 2. The lowest BCUT2D eigenvalue weighted by molar-refractivity contribution is 0.480. The Labute approximate surface area is 571 Å². The highest BCUT2D eigenvalue weighted by Gasteiger charge is 2.25. The fourth-order valence-corrected chi connectivity index (χ4v) is 13.9. The van der Waals surface area contributed by atoms with E-state index in [1.54, 1.807) is 0 Å². The molecule has 0 aliphatic carbocycles. The fraction of sp³-hybridized carbons (Fsp3) is 0.0357. The van der Waals surface area contributed by atoms with Gasteiger partial charge in [0.25, 0.3) is 60.7 Å². The number of aromatic nitrogens is 6. The van der Waals surface area contributed by atoms with Gasteiger partial charge in [-0.05, 0) is 131 Å². The van der Waals surface area contributed by atoms with Crippen molar-refractivity contribution in [1.82, 2.24) is 29.9 Å². The smallest absolute Gasteiger partial charge is 0.295 e. The molecule has 44 heteroatoms. The summed E-state index contributed by atoms with van der Waals surface area (Å²) in [5.41, 5.74) is -2.37. The molecule has 36 nitrogen and oxygen atoms in total. The predicted octanol–water partition coefficient (Wildman–Crippen LogP) is 10.0. The Morgan fingerprint density at radius 2 is 0.690 bits per heavy atom. The molecule has 10 rings (SSSR count). The van der Waals surface area contributed by atoms with Gasteiger partial charge in [0.05, 0.1) is 45.5 Å². The molecule has 0 saturated heterocycles. The van der Waals surface area contributed by atoms with Crippen LogP contribution in [-0.4, -0.2) is 130 Å². The number of benzene rings is 8. The molecule has 0 radical (unpaired) electrons. The van der Waals surface area contributed by atoms with E-state index < -0.39 is 102 Å². The normalized spacial score (nSPS) is 14.1. The van der Waals surface area contributed by atoms with Crippen molar-refractivity contribution >= 4 is 186 Å². The van der Waals surface area contributed by atoms with Crippen molar-refractivity contribution in [3.05, 3.63) is 178 Å². The standard InChI is InChI=1S/C56H42Cl2N16O20S6/c1-27(75)59-43-21-31(15-17-41(43)73-71-35-19-39-37(49(25-35)99(89,90)91)5-3-7-45(39)95(77,78)79)61-53-65-51(57)67-55(69-53)63-33-13-11-29(47(23-33)97(83,84)85)9-10-30-12-14-34(24-48(30)98(86,87)88)64-56-68-52(58)66-54(70-56)62-32-16-18-42(44(22-32)60-28(2)76)74-72-36-20-40-38(50(26-36)100(92,93)94)6-4-8-46(40)96(80,81)82/h3-26H,1-2H3,(H,59,75)(H,60,76)(H,77,78,79)(H,80,81,82)(H,83,84,85)(H,86,87,88)(H,89,90,91)(H,92,93,94)(H2,61,63,65,67,69)(H2,62,64,66,68,70)/b10-9+,73-71?,74-72?. The van der Waals surface area contributed by atoms with Gasteiger partial charge in [0.1, 0.15) is 40.7 Å². The van der Waals surface area contributed by atoms with Gasteiger partial charge in [-0.15, -0.1) is 10.2 Å². The first kappa shape index (κ1) is 72.2. The summed E-state index contributed by atoms with van der Waals surface area (Å²) in [6.07, 6.45) is 2.20. The van der Waals surface area contributed by atoms with Gasteiger partial charge in [-0.25, -0.2) is 30.0 Å². The van der Waals surface area contributed by atoms with Crippen molar-refractivity contribution in [3.63, 3.8) is 0 Å². The highest BCUT2D eigenvalue weighted by Crippen LogP contribution is 2.39. The third-order valence-corrected chi connectivity index (χ3v) is 19.0. The van der Waals surface area contributed by atoms with Crippen LogP contribution >= 0.6 is 23.2 Å². The summed E-state index contributed by atoms with van der Waals surface area (Å²) in [4.78, 5) is 39.9. The van der Waals surface area contributed by atoms with E-state index in [0.29, 0.717) is 0 Å². The van der Waals surface area contributed by atoms with E-state index in [0.717, 1.165) is 72.8 Å². The maximum absolute atomic E-state index is 12.9. The zero-order valence-corrected chi connectivity index (χ0v) is 56.3. The lowest BCUT2D eigenvalue weighted by atomic mass is 10.1. The van der Waals surface area contributed by atoms with Gasteiger partial charge in [0.15, 0.2) is 11.8 Å². The van der Waals surface area contributed by atoms with Gasteiger partial charge in [-0.3, -0.25) is 37.3 Å². The molecule has 0 atom stereocenters. The second kappa shape index (κ2) is 28.0. The van der Waals surface area contributed by atoms with Gasteiger partial charge in [-0.1, -0.05) is 48.6 Å². The number of hydrogen-bond acceptors (Lipinski definition) is 24. The van der Waals surface area contributed by atoms with Crippen molar-refractivity contribution in [2.45, 2.75) is 43.2 Å². The Hall–Kier alpha value is -10.6. The first-order chi connectivity index (χ1) is 46.7. The minimum Gasteiger partial charge on any atom is -0.497 e. The van der Waals surface area contributed by atoms with Gasteiger partial charge >= 0.3 is 0 Å². The van der Waals surface area contributed by atoms with E-state index in [4.69, 9.17) is 23.2 Å². The third kappa shape index (κ3) is 17.6. The molecular formula is C56H42Cl2N16O20S6. The average Bonchev–Trinajstić information content (AvgIpc) is 0.760. The van der Waals surface area contributed by atoms with Crippen LogP contribution in [0.1, 0.15) is 25.0 Å². The van der Waals surface area contributed by atoms with Crippen LogP contribution in [0.25, 0.3) is 33.7 Å². The zero-order valence-electron chi connectivity index (χ0n) is 49.9. The van der Waals surface area contributed by atoms with Gasteiger partial charge in [0, 0.05) is 35.4 Å². The van der Waals surface area contributed by atoms with Crippen LogP contribution in [0.4, 0.5) is 56.9 Å². The molecule has 8 aromatic carbocycles. The molecule has 0 aliphatic heterocycles. The van der Waals surface area contributed by atoms with E-state index in [9.17, 15) is 88.0 Å². The molecule has 0 spiro atoms. The molecule has 12 N–H and O–H groups in total. The molecular weight excluding hydrogens is 1480 g/mol. The van der Waals surface area contributed by atoms with Crippen LogP contribution in [0.15, 0.2) is 213 Å². The van der Waals surface area contributed by atoms with Crippen LogP contribution in [0.3, 0.4) is 0 Å². The molecule has 0 amide bonds. The molecule has 2 heterocycles.